The van der Waals surface area contributed by atoms with E-state index in [0.29, 0.717) is 11.3 Å². The van der Waals surface area contributed by atoms with Crippen LogP contribution in [0.3, 0.4) is 0 Å². The van der Waals surface area contributed by atoms with Gasteiger partial charge < -0.3 is 14.8 Å². The van der Waals surface area contributed by atoms with Crippen LogP contribution in [0.2, 0.25) is 0 Å². The molecule has 29 heavy (non-hydrogen) atoms. The number of carbonyl (C=O) groups is 1. The van der Waals surface area contributed by atoms with E-state index < -0.39 is 11.0 Å². The van der Waals surface area contributed by atoms with E-state index in [0.717, 1.165) is 10.9 Å². The monoisotopic (exact) mass is 406 g/mol. The quantitative estimate of drug-likeness (QED) is 0.435. The summed E-state index contributed by atoms with van der Waals surface area (Å²) >= 11 is 1.28. The van der Waals surface area contributed by atoms with Gasteiger partial charge in [0.15, 0.2) is 0 Å². The second kappa shape index (κ2) is 10.4. The van der Waals surface area contributed by atoms with Crippen LogP contribution >= 0.6 is 11.8 Å². The zero-order valence-electron chi connectivity index (χ0n) is 16.6. The number of benzene rings is 1. The smallest absolute Gasteiger partial charge is 0.272 e. The zero-order chi connectivity index (χ0) is 21.3. The van der Waals surface area contributed by atoms with E-state index in [1.165, 1.54) is 11.8 Å². The van der Waals surface area contributed by atoms with Gasteiger partial charge in [0.2, 0.25) is 5.44 Å². The van der Waals surface area contributed by atoms with Crippen LogP contribution in [0, 0.1) is 36.5 Å². The molecule has 2 rings (SSSR count). The van der Waals surface area contributed by atoms with Gasteiger partial charge in [0.1, 0.15) is 19.0 Å². The zero-order valence-corrected chi connectivity index (χ0v) is 17.4. The van der Waals surface area contributed by atoms with Crippen molar-refractivity contribution < 1.29 is 14.3 Å². The summed E-state index contributed by atoms with van der Waals surface area (Å²) < 4.78 is 11.0. The molecule has 0 aliphatic heterocycles. The highest BCUT2D eigenvalue weighted by Crippen LogP contribution is 2.23. The minimum atomic E-state index is -0.747. The molecule has 6 heteroatoms. The van der Waals surface area contributed by atoms with E-state index in [1.807, 2.05) is 18.2 Å². The average molecular weight is 407 g/mol. The van der Waals surface area contributed by atoms with Crippen molar-refractivity contribution in [2.75, 3.05) is 19.5 Å². The number of carbonyl (C=O) groups excluding carboxylic acids is 1. The highest BCUT2D eigenvalue weighted by atomic mass is 32.2. The summed E-state index contributed by atoms with van der Waals surface area (Å²) in [6.45, 7) is 4.02. The molecule has 2 aromatic rings. The first-order valence-corrected chi connectivity index (χ1v) is 10.1. The maximum atomic E-state index is 12.7. The van der Waals surface area contributed by atoms with Gasteiger partial charge in [0.05, 0.1) is 11.1 Å². The third kappa shape index (κ3) is 6.77. The van der Waals surface area contributed by atoms with E-state index in [1.54, 1.807) is 32.4 Å². The number of fused-ring (bicyclic) bond motifs is 1. The molecule has 1 aromatic heterocycles. The predicted octanol–water partition coefficient (Wildman–Crippen LogP) is 2.83. The fourth-order valence-corrected chi connectivity index (χ4v) is 2.89. The second-order valence-electron chi connectivity index (χ2n) is 6.52. The topological polar surface area (TPSA) is 60.5 Å². The number of nitrogens with zero attached hydrogens (tertiary/aromatic N) is 1. The number of hydrogen-bond donors (Lipinski definition) is 1. The minimum absolute atomic E-state index is 0.202. The van der Waals surface area contributed by atoms with Gasteiger partial charge in [-0.3, -0.25) is 9.78 Å². The Balaban J connectivity index is 2.07. The first kappa shape index (κ1) is 22.2. The van der Waals surface area contributed by atoms with E-state index in [-0.39, 0.29) is 19.1 Å². The normalized spacial score (nSPS) is 11.5. The molecule has 1 heterocycles. The second-order valence-corrected chi connectivity index (χ2v) is 7.42. The maximum Gasteiger partial charge on any atom is 0.272 e. The Morgan fingerprint density at radius 2 is 2.10 bits per heavy atom. The molecule has 1 amide bonds. The van der Waals surface area contributed by atoms with Gasteiger partial charge in [0, 0.05) is 17.1 Å². The Kier molecular flexibility index (Phi) is 7.98. The lowest BCUT2D eigenvalue weighted by atomic mass is 10.1. The van der Waals surface area contributed by atoms with Crippen LogP contribution in [0.15, 0.2) is 30.5 Å². The van der Waals surface area contributed by atoms with Crippen LogP contribution in [-0.4, -0.2) is 41.3 Å². The molecule has 1 N–H and O–H groups in total. The lowest BCUT2D eigenvalue weighted by Gasteiger charge is -2.24. The molecule has 0 aliphatic carbocycles. The summed E-state index contributed by atoms with van der Waals surface area (Å²) in [7, 11) is 0. The molecule has 1 aromatic carbocycles. The first-order valence-electron chi connectivity index (χ1n) is 8.77. The Labute approximate surface area is 176 Å². The third-order valence-electron chi connectivity index (χ3n) is 3.69. The lowest BCUT2D eigenvalue weighted by molar-refractivity contribution is -0.125. The Hall–Kier alpha value is -3.11. The van der Waals surface area contributed by atoms with Crippen LogP contribution in [0.4, 0.5) is 0 Å². The van der Waals surface area contributed by atoms with Crippen molar-refractivity contribution in [2.45, 2.75) is 24.8 Å². The number of thioether (sulfide) groups is 1. The van der Waals surface area contributed by atoms with Crippen molar-refractivity contribution in [3.63, 3.8) is 0 Å². The summed E-state index contributed by atoms with van der Waals surface area (Å²) in [6.07, 6.45) is 14.0. The molecule has 5 nitrogen and oxygen atoms in total. The summed E-state index contributed by atoms with van der Waals surface area (Å²) in [4.78, 5) is 17.0. The molecule has 1 unspecified atom stereocenters. The number of terminal acetylenes is 2. The largest absolute Gasteiger partial charge is 0.470 e. The van der Waals surface area contributed by atoms with E-state index >= 15 is 0 Å². The minimum Gasteiger partial charge on any atom is -0.470 e. The fourth-order valence-electron chi connectivity index (χ4n) is 2.41. The summed E-state index contributed by atoms with van der Waals surface area (Å²) in [5.74, 6) is 11.0. The Bertz CT molecular complexity index is 1020. The predicted molar refractivity (Wildman–Crippen MR) is 117 cm³/mol. The molecule has 0 bridgehead atoms. The Morgan fingerprint density at radius 1 is 1.31 bits per heavy atom. The van der Waals surface area contributed by atoms with Gasteiger partial charge in [-0.15, -0.1) is 24.6 Å². The Morgan fingerprint density at radius 3 is 2.79 bits per heavy atom. The highest BCUT2D eigenvalue weighted by Gasteiger charge is 2.25. The van der Waals surface area contributed by atoms with Crippen molar-refractivity contribution in [1.82, 2.24) is 10.3 Å². The van der Waals surface area contributed by atoms with Gasteiger partial charge >= 0.3 is 0 Å². The van der Waals surface area contributed by atoms with Gasteiger partial charge in [-0.1, -0.05) is 23.7 Å². The average Bonchev–Trinajstić information content (AvgIpc) is 2.70. The number of rotatable bonds is 7. The summed E-state index contributed by atoms with van der Waals surface area (Å²) in [5.41, 5.74) is -0.0107. The molecule has 148 valence electrons. The van der Waals surface area contributed by atoms with E-state index in [2.05, 4.69) is 34.0 Å². The molecular formula is C23H22N2O3S. The summed E-state index contributed by atoms with van der Waals surface area (Å²) in [5, 5.41) is 3.72. The SMILES string of the molecule is C#CCOCC#CC(C)(C)NC(=O)C(Oc1ccc2ncc(C#C)cc2c1)SC. The number of aromatic nitrogens is 1. The molecule has 0 radical (unpaired) electrons. The number of ether oxygens (including phenoxy) is 2. The van der Waals surface area contributed by atoms with Crippen molar-refractivity contribution in [3.05, 3.63) is 36.0 Å². The first-order chi connectivity index (χ1) is 13.9. The fraction of sp³-hybridized carbons (Fsp3) is 0.304. The molecule has 0 aliphatic rings. The van der Waals surface area contributed by atoms with Crippen LogP contribution in [0.1, 0.15) is 19.4 Å². The van der Waals surface area contributed by atoms with Crippen molar-refractivity contribution in [3.8, 4) is 42.3 Å². The molecular weight excluding hydrogens is 384 g/mol. The molecule has 0 spiro atoms. The standard InChI is InChI=1S/C23H22N2O3S/c1-6-12-27-13-8-11-23(3,4)25-21(26)22(29-5)28-19-9-10-20-18(15-19)14-17(7-2)16-24-20/h1-2,9-10,14-16,22H,12-13H2,3-5H3,(H,25,26). The maximum absolute atomic E-state index is 12.7. The molecule has 0 fully saturated rings. The highest BCUT2D eigenvalue weighted by molar-refractivity contribution is 7.99. The van der Waals surface area contributed by atoms with E-state index in [9.17, 15) is 4.79 Å². The number of amides is 1. The van der Waals surface area contributed by atoms with Gasteiger partial charge in [-0.2, -0.15) is 0 Å². The number of pyridine rings is 1. The van der Waals surface area contributed by atoms with Gasteiger partial charge in [-0.05, 0) is 44.4 Å². The number of hydrogen-bond acceptors (Lipinski definition) is 5. The van der Waals surface area contributed by atoms with E-state index in [4.69, 9.17) is 22.3 Å². The van der Waals surface area contributed by atoms with Crippen molar-refractivity contribution >= 4 is 28.6 Å². The molecule has 1 atom stereocenters. The van der Waals surface area contributed by atoms with Crippen LogP contribution in [-0.2, 0) is 9.53 Å². The number of nitrogens with one attached hydrogen (secondary N) is 1. The van der Waals surface area contributed by atoms with Gasteiger partial charge in [0.25, 0.3) is 5.91 Å². The summed E-state index contributed by atoms with van der Waals surface area (Å²) in [6, 6.07) is 7.26. The molecule has 0 saturated carbocycles. The van der Waals surface area contributed by atoms with Crippen molar-refractivity contribution in [2.24, 2.45) is 0 Å². The van der Waals surface area contributed by atoms with Gasteiger partial charge in [-0.25, -0.2) is 0 Å². The third-order valence-corrected chi connectivity index (χ3v) is 4.43. The van der Waals surface area contributed by atoms with Crippen molar-refractivity contribution in [1.29, 1.82) is 0 Å². The van der Waals surface area contributed by atoms with Crippen LogP contribution in [0.25, 0.3) is 10.9 Å². The lowest BCUT2D eigenvalue weighted by Crippen LogP contribution is -2.47. The van der Waals surface area contributed by atoms with Crippen LogP contribution < -0.4 is 10.1 Å². The van der Waals surface area contributed by atoms with Crippen LogP contribution in [0.5, 0.6) is 5.75 Å². The molecule has 0 saturated heterocycles.